The summed E-state index contributed by atoms with van der Waals surface area (Å²) in [5, 5.41) is 14.5. The fourth-order valence-electron chi connectivity index (χ4n) is 4.76. The van der Waals surface area contributed by atoms with Gasteiger partial charge in [0.1, 0.15) is 0 Å². The molecule has 0 aliphatic carbocycles. The zero-order chi connectivity index (χ0) is 24.4. The van der Waals surface area contributed by atoms with Crippen LogP contribution in [0.4, 0.5) is 5.69 Å². The summed E-state index contributed by atoms with van der Waals surface area (Å²) < 4.78 is 0. The maximum absolute atomic E-state index is 12.6. The molecule has 0 saturated carbocycles. The zero-order valence-electron chi connectivity index (χ0n) is 19.4. The highest BCUT2D eigenvalue weighted by atomic mass is 16.4. The smallest absolute Gasteiger partial charge is 0.306 e. The minimum absolute atomic E-state index is 0.0262. The first-order chi connectivity index (χ1) is 17.0. The number of hydrogen-bond acceptors (Lipinski definition) is 2. The van der Waals surface area contributed by atoms with Crippen molar-refractivity contribution in [1.29, 1.82) is 0 Å². The molecule has 2 heterocycles. The van der Waals surface area contributed by atoms with Crippen molar-refractivity contribution in [2.45, 2.75) is 25.7 Å². The number of aliphatic carboxylic acids is 1. The summed E-state index contributed by atoms with van der Waals surface area (Å²) in [6.45, 7) is 1.54. The van der Waals surface area contributed by atoms with E-state index < -0.39 is 11.9 Å². The van der Waals surface area contributed by atoms with Gasteiger partial charge in [0.15, 0.2) is 0 Å². The van der Waals surface area contributed by atoms with Crippen LogP contribution in [0.5, 0.6) is 0 Å². The number of nitrogens with one attached hydrogen (secondary N) is 3. The largest absolute Gasteiger partial charge is 0.481 e. The summed E-state index contributed by atoms with van der Waals surface area (Å²) in [5.74, 6) is -2.00. The molecular weight excluding hydrogens is 438 g/mol. The monoisotopic (exact) mass is 465 g/mol. The van der Waals surface area contributed by atoms with E-state index in [9.17, 15) is 9.59 Å². The van der Waals surface area contributed by atoms with E-state index in [0.717, 1.165) is 16.6 Å². The Morgan fingerprint density at radius 3 is 1.97 bits per heavy atom. The first-order valence-corrected chi connectivity index (χ1v) is 11.7. The van der Waals surface area contributed by atoms with Gasteiger partial charge < -0.3 is 20.4 Å². The molecule has 6 nitrogen and oxygen atoms in total. The fraction of sp³-hybridized carbons (Fsp3) is 0.172. The lowest BCUT2D eigenvalue weighted by Gasteiger charge is -2.19. The number of amides is 1. The van der Waals surface area contributed by atoms with Crippen LogP contribution in [-0.2, 0) is 16.0 Å². The lowest BCUT2D eigenvalue weighted by molar-refractivity contribution is -0.142. The highest BCUT2D eigenvalue weighted by molar-refractivity contribution is 5.94. The molecule has 35 heavy (non-hydrogen) atoms. The van der Waals surface area contributed by atoms with Crippen LogP contribution >= 0.6 is 0 Å². The molecule has 0 aliphatic rings. The maximum atomic E-state index is 12.6. The summed E-state index contributed by atoms with van der Waals surface area (Å²) in [6.07, 6.45) is 4.74. The Morgan fingerprint density at radius 2 is 1.37 bits per heavy atom. The molecule has 0 bridgehead atoms. The molecule has 0 aliphatic heterocycles. The van der Waals surface area contributed by atoms with Crippen LogP contribution in [0.1, 0.15) is 36.0 Å². The third-order valence-corrected chi connectivity index (χ3v) is 6.62. The van der Waals surface area contributed by atoms with Crippen molar-refractivity contribution in [1.82, 2.24) is 9.97 Å². The summed E-state index contributed by atoms with van der Waals surface area (Å²) in [5.41, 5.74) is 6.23. The number of rotatable bonds is 8. The number of hydrogen-bond donors (Lipinski definition) is 4. The van der Waals surface area contributed by atoms with Gasteiger partial charge in [0.25, 0.3) is 0 Å². The van der Waals surface area contributed by atoms with E-state index in [2.05, 4.69) is 51.9 Å². The standard InChI is InChI=1S/C29H27N3O3/c1-18(29(34)35)14-28(33)32-25-11-5-2-8-19(25)15-22(23-16-30-26-12-6-3-9-20(23)26)24-17-31-27-13-7-4-10-21(24)27/h2-13,16-18,22,30-31H,14-15H2,1H3,(H,32,33)(H,34,35)/t18-/m0/s1. The van der Waals surface area contributed by atoms with E-state index in [4.69, 9.17) is 5.11 Å². The van der Waals surface area contributed by atoms with Gasteiger partial charge in [-0.1, -0.05) is 61.5 Å². The van der Waals surface area contributed by atoms with Crippen molar-refractivity contribution in [2.75, 3.05) is 5.32 Å². The molecular formula is C29H27N3O3. The van der Waals surface area contributed by atoms with Crippen molar-refractivity contribution >= 4 is 39.4 Å². The van der Waals surface area contributed by atoms with Crippen molar-refractivity contribution < 1.29 is 14.7 Å². The average Bonchev–Trinajstić information content (AvgIpc) is 3.48. The van der Waals surface area contributed by atoms with Gasteiger partial charge in [-0.05, 0) is 41.3 Å². The Labute approximate surface area is 203 Å². The van der Waals surface area contributed by atoms with Crippen LogP contribution < -0.4 is 5.32 Å². The Morgan fingerprint density at radius 1 is 0.829 bits per heavy atom. The van der Waals surface area contributed by atoms with E-state index in [1.807, 2.05) is 48.5 Å². The summed E-state index contributed by atoms with van der Waals surface area (Å²) in [6, 6.07) is 24.3. The fourth-order valence-corrected chi connectivity index (χ4v) is 4.76. The summed E-state index contributed by atoms with van der Waals surface area (Å²) >= 11 is 0. The van der Waals surface area contributed by atoms with Crippen LogP contribution in [0, 0.1) is 5.92 Å². The Bertz CT molecular complexity index is 1440. The molecule has 1 atom stereocenters. The topological polar surface area (TPSA) is 98.0 Å². The van der Waals surface area contributed by atoms with Crippen molar-refractivity contribution in [3.8, 4) is 0 Å². The molecule has 1 amide bonds. The third kappa shape index (κ3) is 4.55. The molecule has 0 fully saturated rings. The number of fused-ring (bicyclic) bond motifs is 2. The molecule has 2 aromatic heterocycles. The minimum Gasteiger partial charge on any atom is -0.481 e. The zero-order valence-corrected chi connectivity index (χ0v) is 19.4. The number of aromatic amines is 2. The lowest BCUT2D eigenvalue weighted by Crippen LogP contribution is -2.20. The van der Waals surface area contributed by atoms with Gasteiger partial charge in [-0.25, -0.2) is 0 Å². The number of carbonyl (C=O) groups excluding carboxylic acids is 1. The van der Waals surface area contributed by atoms with Crippen LogP contribution in [0.3, 0.4) is 0 Å². The molecule has 0 spiro atoms. The SMILES string of the molecule is C[C@@H](CC(=O)Nc1ccccc1CC(c1c[nH]c2ccccc12)c1c[nH]c2ccccc12)C(=O)O. The van der Waals surface area contributed by atoms with Gasteiger partial charge in [0.05, 0.1) is 5.92 Å². The lowest BCUT2D eigenvalue weighted by atomic mass is 9.85. The van der Waals surface area contributed by atoms with Gasteiger partial charge in [-0.15, -0.1) is 0 Å². The molecule has 4 N–H and O–H groups in total. The average molecular weight is 466 g/mol. The highest BCUT2D eigenvalue weighted by Crippen LogP contribution is 2.38. The van der Waals surface area contributed by atoms with Gasteiger partial charge in [0.2, 0.25) is 5.91 Å². The number of carboxylic acid groups (broad SMARTS) is 1. The van der Waals surface area contributed by atoms with Gasteiger partial charge >= 0.3 is 5.97 Å². The second-order valence-electron chi connectivity index (χ2n) is 8.98. The van der Waals surface area contributed by atoms with E-state index in [0.29, 0.717) is 12.1 Å². The predicted molar refractivity (Wildman–Crippen MR) is 139 cm³/mol. The van der Waals surface area contributed by atoms with E-state index in [-0.39, 0.29) is 18.2 Å². The van der Waals surface area contributed by atoms with Crippen LogP contribution in [0.2, 0.25) is 0 Å². The number of benzene rings is 3. The number of aromatic nitrogens is 2. The second-order valence-corrected chi connectivity index (χ2v) is 8.98. The number of anilines is 1. The highest BCUT2D eigenvalue weighted by Gasteiger charge is 2.23. The van der Waals surface area contributed by atoms with Gasteiger partial charge in [0, 0.05) is 52.2 Å². The van der Waals surface area contributed by atoms with Crippen LogP contribution in [-0.4, -0.2) is 27.0 Å². The normalized spacial score (nSPS) is 12.3. The second kappa shape index (κ2) is 9.50. The minimum atomic E-state index is -0.979. The number of carboxylic acids is 1. The van der Waals surface area contributed by atoms with E-state index in [1.54, 1.807) is 0 Å². The van der Waals surface area contributed by atoms with Crippen LogP contribution in [0.25, 0.3) is 21.8 Å². The number of para-hydroxylation sites is 3. The van der Waals surface area contributed by atoms with Crippen molar-refractivity contribution in [3.05, 3.63) is 102 Å². The summed E-state index contributed by atoms with van der Waals surface area (Å²) in [4.78, 5) is 30.6. The quantitative estimate of drug-likeness (QED) is 0.224. The molecule has 6 heteroatoms. The Balaban J connectivity index is 1.54. The maximum Gasteiger partial charge on any atom is 0.306 e. The van der Waals surface area contributed by atoms with Crippen LogP contribution in [0.15, 0.2) is 85.2 Å². The van der Waals surface area contributed by atoms with Crippen molar-refractivity contribution in [2.24, 2.45) is 5.92 Å². The first-order valence-electron chi connectivity index (χ1n) is 11.7. The molecule has 5 aromatic rings. The molecule has 0 radical (unpaired) electrons. The van der Waals surface area contributed by atoms with Crippen molar-refractivity contribution in [3.63, 3.8) is 0 Å². The first kappa shape index (κ1) is 22.5. The Hall–Kier alpha value is -4.32. The summed E-state index contributed by atoms with van der Waals surface area (Å²) in [7, 11) is 0. The van der Waals surface area contributed by atoms with Gasteiger partial charge in [-0.3, -0.25) is 9.59 Å². The third-order valence-electron chi connectivity index (χ3n) is 6.62. The van der Waals surface area contributed by atoms with E-state index in [1.165, 1.54) is 28.8 Å². The molecule has 0 unspecified atom stereocenters. The van der Waals surface area contributed by atoms with Gasteiger partial charge in [-0.2, -0.15) is 0 Å². The predicted octanol–water partition coefficient (Wildman–Crippen LogP) is 6.07. The molecule has 5 rings (SSSR count). The number of carbonyl (C=O) groups is 2. The molecule has 3 aromatic carbocycles. The number of H-pyrrole nitrogens is 2. The molecule has 0 saturated heterocycles. The Kier molecular flexibility index (Phi) is 6.10. The molecule has 176 valence electrons. The van der Waals surface area contributed by atoms with E-state index >= 15 is 0 Å².